The number of hydrogen-bond acceptors (Lipinski definition) is 2. The van der Waals surface area contributed by atoms with E-state index in [1.807, 2.05) is 24.4 Å². The zero-order valence-electron chi connectivity index (χ0n) is 13.6. The molecule has 1 aromatic carbocycles. The quantitative estimate of drug-likeness (QED) is 0.907. The van der Waals surface area contributed by atoms with Gasteiger partial charge in [-0.2, -0.15) is 0 Å². The number of benzene rings is 1. The average Bonchev–Trinajstić information content (AvgIpc) is 3.25. The molecule has 5 heteroatoms. The van der Waals surface area contributed by atoms with E-state index < -0.39 is 12.0 Å². The van der Waals surface area contributed by atoms with Crippen LogP contribution in [0.15, 0.2) is 30.5 Å². The molecule has 2 heterocycles. The molecule has 24 heavy (non-hydrogen) atoms. The molecule has 0 unspecified atom stereocenters. The molecule has 2 aliphatic rings. The number of rotatable bonds is 4. The number of aliphatic carboxylic acids is 1. The van der Waals surface area contributed by atoms with Crippen molar-refractivity contribution in [1.29, 1.82) is 0 Å². The normalized spacial score (nSPS) is 26.0. The number of hydrogen-bond donors (Lipinski definition) is 2. The number of nitrogens with one attached hydrogen (secondary N) is 1. The van der Waals surface area contributed by atoms with Crippen molar-refractivity contribution in [3.63, 3.8) is 0 Å². The molecule has 4 rings (SSSR count). The van der Waals surface area contributed by atoms with Gasteiger partial charge >= 0.3 is 5.97 Å². The third-order valence-corrected chi connectivity index (χ3v) is 5.71. The fourth-order valence-corrected chi connectivity index (χ4v) is 4.53. The molecule has 3 atom stereocenters. The molecule has 2 aromatic rings. The number of carboxylic acid groups (broad SMARTS) is 1. The second-order valence-corrected chi connectivity index (χ2v) is 7.08. The summed E-state index contributed by atoms with van der Waals surface area (Å²) in [6, 6.07) is 7.54. The summed E-state index contributed by atoms with van der Waals surface area (Å²) in [5.41, 5.74) is 2.20. The third-order valence-electron chi connectivity index (χ3n) is 5.71. The number of aromatic amines is 1. The second kappa shape index (κ2) is 5.96. The Morgan fingerprint density at radius 1 is 1.25 bits per heavy atom. The van der Waals surface area contributed by atoms with Crippen LogP contribution in [0.25, 0.3) is 10.9 Å². The van der Waals surface area contributed by atoms with E-state index in [4.69, 9.17) is 0 Å². The van der Waals surface area contributed by atoms with Gasteiger partial charge in [-0.15, -0.1) is 0 Å². The standard InChI is InChI=1S/C19H22N2O3/c22-17(7-5-12-4-6-16-13(10-12)8-9-20-16)21-11-14-2-1-3-15(14)18(21)19(23)24/h4,6,8-10,14-15,18,20H,1-3,5,7,11H2,(H,23,24)/t14-,15-,18+/m1/s1. The fourth-order valence-electron chi connectivity index (χ4n) is 4.53. The number of carbonyl (C=O) groups excluding carboxylic acids is 1. The number of aryl methyl sites for hydroxylation is 1. The maximum absolute atomic E-state index is 12.6. The van der Waals surface area contributed by atoms with Gasteiger partial charge in [0.1, 0.15) is 6.04 Å². The summed E-state index contributed by atoms with van der Waals surface area (Å²) in [5, 5.41) is 10.7. The van der Waals surface area contributed by atoms with Crippen molar-refractivity contribution < 1.29 is 14.7 Å². The van der Waals surface area contributed by atoms with Gasteiger partial charge in [-0.1, -0.05) is 12.5 Å². The molecule has 1 aliphatic carbocycles. The lowest BCUT2D eigenvalue weighted by Gasteiger charge is -2.24. The first-order valence-electron chi connectivity index (χ1n) is 8.72. The first-order chi connectivity index (χ1) is 11.6. The molecular weight excluding hydrogens is 304 g/mol. The molecular formula is C19H22N2O3. The van der Waals surface area contributed by atoms with E-state index in [1.54, 1.807) is 4.90 Å². The van der Waals surface area contributed by atoms with E-state index >= 15 is 0 Å². The van der Waals surface area contributed by atoms with Gasteiger partial charge in [0.15, 0.2) is 0 Å². The molecule has 1 aliphatic heterocycles. The number of aromatic nitrogens is 1. The maximum Gasteiger partial charge on any atom is 0.326 e. The van der Waals surface area contributed by atoms with Crippen molar-refractivity contribution in [3.05, 3.63) is 36.0 Å². The zero-order valence-corrected chi connectivity index (χ0v) is 13.6. The Hall–Kier alpha value is -2.30. The van der Waals surface area contributed by atoms with Gasteiger partial charge < -0.3 is 15.0 Å². The minimum Gasteiger partial charge on any atom is -0.480 e. The highest BCUT2D eigenvalue weighted by molar-refractivity contribution is 5.85. The summed E-state index contributed by atoms with van der Waals surface area (Å²) in [7, 11) is 0. The molecule has 0 spiro atoms. The zero-order chi connectivity index (χ0) is 16.7. The maximum atomic E-state index is 12.6. The Morgan fingerprint density at radius 3 is 2.96 bits per heavy atom. The van der Waals surface area contributed by atoms with Crippen molar-refractivity contribution in [1.82, 2.24) is 9.88 Å². The van der Waals surface area contributed by atoms with Gasteiger partial charge in [0.2, 0.25) is 5.91 Å². The number of H-pyrrole nitrogens is 1. The highest BCUT2D eigenvalue weighted by Gasteiger charge is 2.49. The van der Waals surface area contributed by atoms with Crippen molar-refractivity contribution >= 4 is 22.8 Å². The largest absolute Gasteiger partial charge is 0.480 e. The van der Waals surface area contributed by atoms with Crippen LogP contribution in [-0.4, -0.2) is 39.5 Å². The Labute approximate surface area is 140 Å². The predicted molar refractivity (Wildman–Crippen MR) is 90.6 cm³/mol. The van der Waals surface area contributed by atoms with Crippen LogP contribution in [0.5, 0.6) is 0 Å². The fraction of sp³-hybridized carbons (Fsp3) is 0.474. The van der Waals surface area contributed by atoms with Crippen LogP contribution in [0, 0.1) is 11.8 Å². The van der Waals surface area contributed by atoms with E-state index in [9.17, 15) is 14.7 Å². The molecule has 0 bridgehead atoms. The van der Waals surface area contributed by atoms with Crippen LogP contribution in [0.3, 0.4) is 0 Å². The van der Waals surface area contributed by atoms with Gasteiger partial charge in [0.25, 0.3) is 0 Å². The molecule has 0 radical (unpaired) electrons. The minimum atomic E-state index is -0.841. The second-order valence-electron chi connectivity index (χ2n) is 7.08. The number of amides is 1. The van der Waals surface area contributed by atoms with E-state index in [0.29, 0.717) is 25.3 Å². The summed E-state index contributed by atoms with van der Waals surface area (Å²) in [6.45, 7) is 0.622. The number of carboxylic acids is 1. The van der Waals surface area contributed by atoms with Crippen LogP contribution in [0.2, 0.25) is 0 Å². The van der Waals surface area contributed by atoms with Crippen LogP contribution < -0.4 is 0 Å². The molecule has 5 nitrogen and oxygen atoms in total. The summed E-state index contributed by atoms with van der Waals surface area (Å²) in [6.07, 6.45) is 6.02. The Bertz CT molecular complexity index is 782. The first-order valence-corrected chi connectivity index (χ1v) is 8.72. The predicted octanol–water partition coefficient (Wildman–Crippen LogP) is 2.81. The van der Waals surface area contributed by atoms with Crippen molar-refractivity contribution in [3.8, 4) is 0 Å². The van der Waals surface area contributed by atoms with E-state index in [2.05, 4.69) is 11.1 Å². The molecule has 1 saturated carbocycles. The number of carbonyl (C=O) groups is 2. The Kier molecular flexibility index (Phi) is 3.79. The lowest BCUT2D eigenvalue weighted by molar-refractivity contribution is -0.149. The molecule has 2 fully saturated rings. The Balaban J connectivity index is 1.44. The molecule has 1 aromatic heterocycles. The number of nitrogens with zero attached hydrogens (tertiary/aromatic N) is 1. The molecule has 126 valence electrons. The van der Waals surface area contributed by atoms with Gasteiger partial charge in [0, 0.05) is 24.7 Å². The number of likely N-dealkylation sites (tertiary alicyclic amines) is 1. The van der Waals surface area contributed by atoms with E-state index in [0.717, 1.165) is 35.7 Å². The van der Waals surface area contributed by atoms with Crippen molar-refractivity contribution in [2.24, 2.45) is 11.8 Å². The van der Waals surface area contributed by atoms with Crippen LogP contribution >= 0.6 is 0 Å². The minimum absolute atomic E-state index is 0.0223. The lowest BCUT2D eigenvalue weighted by Crippen LogP contribution is -2.43. The lowest BCUT2D eigenvalue weighted by atomic mass is 9.94. The topological polar surface area (TPSA) is 73.4 Å². The Morgan fingerprint density at radius 2 is 2.12 bits per heavy atom. The molecule has 1 saturated heterocycles. The molecule has 1 amide bonds. The summed E-state index contributed by atoms with van der Waals surface area (Å²) >= 11 is 0. The van der Waals surface area contributed by atoms with E-state index in [1.165, 1.54) is 0 Å². The average molecular weight is 326 g/mol. The SMILES string of the molecule is O=C(O)[C@@H]1[C@@H]2CCC[C@@H]2CN1C(=O)CCc1ccc2[nH]ccc2c1. The van der Waals surface area contributed by atoms with Gasteiger partial charge in [-0.3, -0.25) is 4.79 Å². The third kappa shape index (κ3) is 2.58. The van der Waals surface area contributed by atoms with Crippen LogP contribution in [-0.2, 0) is 16.0 Å². The monoisotopic (exact) mass is 326 g/mol. The van der Waals surface area contributed by atoms with Gasteiger partial charge in [-0.25, -0.2) is 4.79 Å². The number of fused-ring (bicyclic) bond motifs is 2. The first kappa shape index (κ1) is 15.2. The smallest absolute Gasteiger partial charge is 0.326 e. The molecule has 2 N–H and O–H groups in total. The van der Waals surface area contributed by atoms with Gasteiger partial charge in [-0.05, 0) is 60.2 Å². The van der Waals surface area contributed by atoms with E-state index in [-0.39, 0.29) is 11.8 Å². The van der Waals surface area contributed by atoms with Crippen LogP contribution in [0.4, 0.5) is 0 Å². The van der Waals surface area contributed by atoms with Crippen molar-refractivity contribution in [2.75, 3.05) is 6.54 Å². The summed E-state index contributed by atoms with van der Waals surface area (Å²) in [5.74, 6) is -0.327. The summed E-state index contributed by atoms with van der Waals surface area (Å²) < 4.78 is 0. The highest BCUT2D eigenvalue weighted by atomic mass is 16.4. The van der Waals surface area contributed by atoms with Crippen molar-refractivity contribution in [2.45, 2.75) is 38.1 Å². The highest BCUT2D eigenvalue weighted by Crippen LogP contribution is 2.42. The van der Waals surface area contributed by atoms with Gasteiger partial charge in [0.05, 0.1) is 0 Å². The van der Waals surface area contributed by atoms with Crippen LogP contribution in [0.1, 0.15) is 31.2 Å². The summed E-state index contributed by atoms with van der Waals surface area (Å²) in [4.78, 5) is 29.1.